The number of hydrogen-bond acceptors (Lipinski definition) is 4. The van der Waals surface area contributed by atoms with E-state index in [1.165, 1.54) is 34.0 Å². The van der Waals surface area contributed by atoms with Crippen LogP contribution in [0.4, 0.5) is 28.9 Å². The van der Waals surface area contributed by atoms with Crippen LogP contribution in [0.5, 0.6) is 0 Å². The Morgan fingerprint density at radius 1 is 1.12 bits per heavy atom. The molecule has 4 rings (SSSR count). The van der Waals surface area contributed by atoms with Crippen molar-refractivity contribution >= 4 is 36.7 Å². The molecule has 0 fully saturated rings. The third-order valence-electron chi connectivity index (χ3n) is 4.84. The molecule has 1 aliphatic heterocycles. The van der Waals surface area contributed by atoms with Crippen LogP contribution in [0.25, 0.3) is 0 Å². The highest BCUT2D eigenvalue weighted by molar-refractivity contribution is 7.59. The molecule has 1 N–H and O–H groups in total. The molecule has 1 aromatic carbocycles. The Hall–Kier alpha value is -3.41. The highest BCUT2D eigenvalue weighted by Crippen LogP contribution is 2.33. The van der Waals surface area contributed by atoms with Crippen molar-refractivity contribution in [1.82, 2.24) is 14.8 Å². The maximum Gasteiger partial charge on any atom is 0.416 e. The molecular weight excluding hydrogens is 450 g/mol. The Morgan fingerprint density at radius 3 is 2.41 bits per heavy atom. The van der Waals surface area contributed by atoms with E-state index in [-0.39, 0.29) is 48.7 Å². The number of benzene rings is 1. The van der Waals surface area contributed by atoms with Gasteiger partial charge in [-0.3, -0.25) is 14.3 Å². The first-order valence-electron chi connectivity index (χ1n) is 9.14. The quantitative estimate of drug-likeness (QED) is 0.466. The Morgan fingerprint density at radius 2 is 1.81 bits per heavy atom. The Bertz CT molecular complexity index is 1150. The molecule has 168 valence electrons. The van der Waals surface area contributed by atoms with Crippen molar-refractivity contribution in [3.8, 4) is 0 Å². The van der Waals surface area contributed by atoms with Gasteiger partial charge in [0.05, 0.1) is 35.2 Å². The van der Waals surface area contributed by atoms with E-state index in [2.05, 4.69) is 15.4 Å². The summed E-state index contributed by atoms with van der Waals surface area (Å²) in [6.45, 7) is 1.94. The monoisotopic (exact) mass is 467 g/mol. The van der Waals surface area contributed by atoms with Crippen LogP contribution in [0, 0.1) is 5.95 Å². The molecule has 0 bridgehead atoms. The number of carbonyl (C=O) groups excluding carboxylic acids is 2. The lowest BCUT2D eigenvalue weighted by Crippen LogP contribution is -2.43. The summed E-state index contributed by atoms with van der Waals surface area (Å²) in [5, 5.41) is 6.64. The van der Waals surface area contributed by atoms with Gasteiger partial charge in [0.2, 0.25) is 5.95 Å². The second-order valence-corrected chi connectivity index (χ2v) is 6.98. The lowest BCUT2D eigenvalue weighted by atomic mass is 10.1. The topological polar surface area (TPSA) is 80.1 Å². The minimum absolute atomic E-state index is 0. The molecule has 3 aromatic rings. The number of nitrogens with zero attached hydrogens (tertiary/aromatic N) is 4. The van der Waals surface area contributed by atoms with Crippen molar-refractivity contribution in [3.63, 3.8) is 0 Å². The van der Waals surface area contributed by atoms with Gasteiger partial charge in [-0.1, -0.05) is 0 Å². The van der Waals surface area contributed by atoms with E-state index in [0.717, 1.165) is 24.4 Å². The first kappa shape index (κ1) is 23.3. The van der Waals surface area contributed by atoms with Gasteiger partial charge in [-0.05, 0) is 43.3 Å². The zero-order valence-corrected chi connectivity index (χ0v) is 17.5. The number of hydrogen-bond donors (Lipinski definition) is 1. The Kier molecular flexibility index (Phi) is 6.26. The zero-order valence-electron chi connectivity index (χ0n) is 16.5. The van der Waals surface area contributed by atoms with Crippen molar-refractivity contribution in [1.29, 1.82) is 0 Å². The smallest absolute Gasteiger partial charge is 0.320 e. The molecular formula is C20H17F4N5O2S. The second-order valence-electron chi connectivity index (χ2n) is 6.98. The maximum absolute atomic E-state index is 13.1. The van der Waals surface area contributed by atoms with Crippen LogP contribution in [0.3, 0.4) is 0 Å². The van der Waals surface area contributed by atoms with Crippen molar-refractivity contribution in [2.45, 2.75) is 19.1 Å². The summed E-state index contributed by atoms with van der Waals surface area (Å²) in [5.74, 6) is -1.93. The van der Waals surface area contributed by atoms with Crippen LogP contribution in [0.1, 0.15) is 39.4 Å². The van der Waals surface area contributed by atoms with Crippen molar-refractivity contribution in [2.75, 3.05) is 16.8 Å². The fourth-order valence-electron chi connectivity index (χ4n) is 3.33. The van der Waals surface area contributed by atoms with Crippen LogP contribution >= 0.6 is 13.5 Å². The highest BCUT2D eigenvalue weighted by atomic mass is 32.1. The van der Waals surface area contributed by atoms with Gasteiger partial charge < -0.3 is 10.2 Å². The van der Waals surface area contributed by atoms with Crippen LogP contribution in [-0.2, 0) is 6.18 Å². The van der Waals surface area contributed by atoms with Gasteiger partial charge in [-0.25, -0.2) is 4.98 Å². The fourth-order valence-corrected chi connectivity index (χ4v) is 3.33. The number of rotatable bonds is 3. The first-order chi connectivity index (χ1) is 14.6. The predicted octanol–water partition coefficient (Wildman–Crippen LogP) is 4.02. The van der Waals surface area contributed by atoms with Gasteiger partial charge in [0.15, 0.2) is 0 Å². The van der Waals surface area contributed by atoms with E-state index in [1.807, 2.05) is 0 Å². The summed E-state index contributed by atoms with van der Waals surface area (Å²) < 4.78 is 52.9. The van der Waals surface area contributed by atoms with Crippen molar-refractivity contribution < 1.29 is 27.2 Å². The van der Waals surface area contributed by atoms with E-state index < -0.39 is 29.5 Å². The number of amides is 2. The zero-order chi connectivity index (χ0) is 22.3. The van der Waals surface area contributed by atoms with E-state index in [1.54, 1.807) is 6.92 Å². The molecule has 0 unspecified atom stereocenters. The minimum Gasteiger partial charge on any atom is -0.320 e. The number of alkyl halides is 3. The first-order valence-corrected chi connectivity index (χ1v) is 9.14. The van der Waals surface area contributed by atoms with E-state index in [0.29, 0.717) is 0 Å². The molecule has 2 aromatic heterocycles. The molecule has 32 heavy (non-hydrogen) atoms. The summed E-state index contributed by atoms with van der Waals surface area (Å²) >= 11 is 0. The second kappa shape index (κ2) is 8.61. The van der Waals surface area contributed by atoms with Gasteiger partial charge in [0, 0.05) is 12.2 Å². The van der Waals surface area contributed by atoms with Crippen LogP contribution in [0.2, 0.25) is 0 Å². The molecule has 3 heterocycles. The number of pyridine rings is 1. The standard InChI is InChI=1S/C20H15F4N5O2.H2S/c1-11-10-28(14-5-2-12(3-6-14)20(22,23)24)19(31)17-15(9-26-29(11)17)18(30)27-13-4-7-16(21)25-8-13;/h2-9,11H,10H2,1H3,(H,27,30);1H2/t11-;/m0./s1. The lowest BCUT2D eigenvalue weighted by molar-refractivity contribution is -0.137. The number of nitrogens with one attached hydrogen (secondary N) is 1. The predicted molar refractivity (Wildman–Crippen MR) is 113 cm³/mol. The van der Waals surface area contributed by atoms with Crippen LogP contribution in [-0.4, -0.2) is 33.1 Å². The molecule has 0 saturated heterocycles. The molecule has 12 heteroatoms. The Balaban J connectivity index is 0.00000289. The molecule has 0 spiro atoms. The van der Waals surface area contributed by atoms with Crippen LogP contribution in [0.15, 0.2) is 48.8 Å². The summed E-state index contributed by atoms with van der Waals surface area (Å²) in [7, 11) is 0. The van der Waals surface area contributed by atoms with Gasteiger partial charge in [-0.2, -0.15) is 36.2 Å². The molecule has 0 saturated carbocycles. The molecule has 7 nitrogen and oxygen atoms in total. The highest BCUT2D eigenvalue weighted by Gasteiger charge is 2.36. The number of anilines is 2. The molecule has 0 radical (unpaired) electrons. The molecule has 2 amide bonds. The maximum atomic E-state index is 13.1. The largest absolute Gasteiger partial charge is 0.416 e. The average molecular weight is 467 g/mol. The van der Waals surface area contributed by atoms with E-state index >= 15 is 0 Å². The summed E-state index contributed by atoms with van der Waals surface area (Å²) in [6.07, 6.45) is -2.12. The fraction of sp³-hybridized carbons (Fsp3) is 0.200. The molecule has 1 atom stereocenters. The lowest BCUT2D eigenvalue weighted by Gasteiger charge is -2.32. The van der Waals surface area contributed by atoms with Crippen LogP contribution < -0.4 is 10.2 Å². The Labute approximate surface area is 186 Å². The number of aromatic nitrogens is 3. The van der Waals surface area contributed by atoms with Gasteiger partial charge in [-0.15, -0.1) is 0 Å². The number of carbonyl (C=O) groups is 2. The minimum atomic E-state index is -4.49. The average Bonchev–Trinajstić information content (AvgIpc) is 3.18. The van der Waals surface area contributed by atoms with E-state index in [4.69, 9.17) is 0 Å². The summed E-state index contributed by atoms with van der Waals surface area (Å²) in [5.41, 5.74) is -0.343. The summed E-state index contributed by atoms with van der Waals surface area (Å²) in [6, 6.07) is 6.27. The number of halogens is 4. The SMILES string of the molecule is C[C@H]1CN(c2ccc(C(F)(F)F)cc2)C(=O)c2c(C(=O)Nc3ccc(F)nc3)cnn21.S. The molecule has 0 aliphatic carbocycles. The normalized spacial score (nSPS) is 15.7. The summed E-state index contributed by atoms with van der Waals surface area (Å²) in [4.78, 5) is 30.6. The third-order valence-corrected chi connectivity index (χ3v) is 4.84. The third kappa shape index (κ3) is 4.31. The molecule has 1 aliphatic rings. The van der Waals surface area contributed by atoms with Crippen molar-refractivity contribution in [2.24, 2.45) is 0 Å². The van der Waals surface area contributed by atoms with Gasteiger partial charge in [0.1, 0.15) is 5.69 Å². The van der Waals surface area contributed by atoms with E-state index in [9.17, 15) is 27.2 Å². The number of fused-ring (bicyclic) bond motifs is 1. The van der Waals surface area contributed by atoms with Gasteiger partial charge in [0.25, 0.3) is 11.8 Å². The van der Waals surface area contributed by atoms with Gasteiger partial charge >= 0.3 is 6.18 Å². The van der Waals surface area contributed by atoms with Crippen molar-refractivity contribution in [3.05, 3.63) is 71.6 Å².